The number of hydrogen-bond acceptors (Lipinski definition) is 4. The maximum absolute atomic E-state index is 12.4. The Morgan fingerprint density at radius 1 is 0.923 bits per heavy atom. The number of rotatable bonds is 6. The van der Waals surface area contributed by atoms with E-state index >= 15 is 0 Å². The fourth-order valence-electron chi connectivity index (χ4n) is 2.08. The van der Waals surface area contributed by atoms with Crippen LogP contribution in [0.5, 0.6) is 0 Å². The van der Waals surface area contributed by atoms with Crippen molar-refractivity contribution in [3.05, 3.63) is 68.2 Å². The number of hydrogen-bond donors (Lipinski definition) is 0. The van der Waals surface area contributed by atoms with Gasteiger partial charge in [-0.25, -0.2) is 9.59 Å². The fraction of sp³-hybridized carbons (Fsp3) is 0.263. The van der Waals surface area contributed by atoms with Crippen LogP contribution in [0.15, 0.2) is 36.4 Å². The van der Waals surface area contributed by atoms with E-state index in [0.29, 0.717) is 20.6 Å². The molecule has 138 valence electrons. The molecule has 0 bridgehead atoms. The van der Waals surface area contributed by atoms with Crippen LogP contribution in [-0.4, -0.2) is 18.5 Å². The third-order valence-electron chi connectivity index (χ3n) is 3.37. The number of ether oxygens (including phenoxy) is 2. The maximum atomic E-state index is 12.4. The van der Waals surface area contributed by atoms with Gasteiger partial charge in [0, 0.05) is 10.6 Å². The van der Waals surface area contributed by atoms with Gasteiger partial charge in [-0.2, -0.15) is 0 Å². The topological polar surface area (TPSA) is 52.6 Å². The average Bonchev–Trinajstić information content (AvgIpc) is 2.58. The molecule has 0 N–H and O–H groups in total. The first kappa shape index (κ1) is 20.6. The van der Waals surface area contributed by atoms with Crippen LogP contribution in [0.1, 0.15) is 40.1 Å². The molecule has 0 aliphatic heterocycles. The molecule has 0 radical (unpaired) electrons. The van der Waals surface area contributed by atoms with E-state index in [-0.39, 0.29) is 30.3 Å². The van der Waals surface area contributed by atoms with Gasteiger partial charge in [-0.3, -0.25) is 0 Å². The zero-order valence-corrected chi connectivity index (χ0v) is 16.5. The Hall–Kier alpha value is -1.75. The number of carbonyl (C=O) groups is 2. The summed E-state index contributed by atoms with van der Waals surface area (Å²) in [6, 6.07) is 9.32. The molecule has 0 aromatic heterocycles. The lowest BCUT2D eigenvalue weighted by atomic mass is 10.1. The molecule has 4 nitrogen and oxygen atoms in total. The van der Waals surface area contributed by atoms with Gasteiger partial charge in [-0.05, 0) is 30.2 Å². The normalized spacial score (nSPS) is 10.7. The summed E-state index contributed by atoms with van der Waals surface area (Å²) in [6.07, 6.45) is 0. The highest BCUT2D eigenvalue weighted by Crippen LogP contribution is 2.29. The summed E-state index contributed by atoms with van der Waals surface area (Å²) in [5.74, 6) is -1.06. The second-order valence-corrected chi connectivity index (χ2v) is 7.21. The van der Waals surface area contributed by atoms with E-state index in [4.69, 9.17) is 44.3 Å². The Bertz CT molecular complexity index is 795. The molecular weight excluding hydrogens is 399 g/mol. The molecule has 7 heteroatoms. The molecule has 2 aromatic rings. The van der Waals surface area contributed by atoms with Crippen LogP contribution in [0.3, 0.4) is 0 Å². The molecular formula is C19H17Cl3O4. The fourth-order valence-corrected chi connectivity index (χ4v) is 3.01. The minimum atomic E-state index is -0.677. The predicted molar refractivity (Wildman–Crippen MR) is 102 cm³/mol. The molecule has 0 spiro atoms. The highest BCUT2D eigenvalue weighted by Gasteiger charge is 2.20. The van der Waals surface area contributed by atoms with Gasteiger partial charge in [0.15, 0.2) is 0 Å². The van der Waals surface area contributed by atoms with Gasteiger partial charge >= 0.3 is 11.9 Å². The Balaban J connectivity index is 2.14. The maximum Gasteiger partial charge on any atom is 0.339 e. The van der Waals surface area contributed by atoms with Gasteiger partial charge in [0.1, 0.15) is 6.61 Å². The van der Waals surface area contributed by atoms with E-state index in [1.165, 1.54) is 24.3 Å². The highest BCUT2D eigenvalue weighted by molar-refractivity contribution is 6.39. The first-order chi connectivity index (χ1) is 12.3. The molecule has 0 atom stereocenters. The van der Waals surface area contributed by atoms with Crippen molar-refractivity contribution in [2.24, 2.45) is 5.92 Å². The van der Waals surface area contributed by atoms with Crippen LogP contribution in [0.25, 0.3) is 0 Å². The third-order valence-corrected chi connectivity index (χ3v) is 4.26. The minimum absolute atomic E-state index is 0.113. The molecule has 0 amide bonds. The smallest absolute Gasteiger partial charge is 0.339 e. The van der Waals surface area contributed by atoms with Gasteiger partial charge in [0.25, 0.3) is 0 Å². The second kappa shape index (κ2) is 9.26. The molecule has 26 heavy (non-hydrogen) atoms. The summed E-state index contributed by atoms with van der Waals surface area (Å²) in [7, 11) is 0. The van der Waals surface area contributed by atoms with E-state index in [9.17, 15) is 9.59 Å². The largest absolute Gasteiger partial charge is 0.462 e. The lowest BCUT2D eigenvalue weighted by molar-refractivity contribution is 0.0418. The summed E-state index contributed by atoms with van der Waals surface area (Å²) in [6.45, 7) is 3.96. The van der Waals surface area contributed by atoms with E-state index < -0.39 is 11.9 Å². The Morgan fingerprint density at radius 2 is 1.42 bits per heavy atom. The van der Waals surface area contributed by atoms with Crippen molar-refractivity contribution in [3.63, 3.8) is 0 Å². The van der Waals surface area contributed by atoms with E-state index in [1.54, 1.807) is 12.1 Å². The summed E-state index contributed by atoms with van der Waals surface area (Å²) >= 11 is 18.0. The number of benzene rings is 2. The van der Waals surface area contributed by atoms with Gasteiger partial charge < -0.3 is 9.47 Å². The SMILES string of the molecule is CC(C)COC(=O)c1ccccc1C(=O)OCc1c(Cl)cc(Cl)cc1Cl. The second-order valence-electron chi connectivity index (χ2n) is 5.96. The summed E-state index contributed by atoms with van der Waals surface area (Å²) < 4.78 is 10.5. The van der Waals surface area contributed by atoms with Crippen molar-refractivity contribution in [3.8, 4) is 0 Å². The molecule has 0 saturated carbocycles. The van der Waals surface area contributed by atoms with Crippen molar-refractivity contribution in [1.29, 1.82) is 0 Å². The van der Waals surface area contributed by atoms with Crippen LogP contribution in [0, 0.1) is 5.92 Å². The zero-order valence-electron chi connectivity index (χ0n) is 14.2. The van der Waals surface area contributed by atoms with Crippen molar-refractivity contribution < 1.29 is 19.1 Å². The quantitative estimate of drug-likeness (QED) is 0.558. The van der Waals surface area contributed by atoms with E-state index in [1.807, 2.05) is 13.8 Å². The van der Waals surface area contributed by atoms with Crippen LogP contribution in [0.2, 0.25) is 15.1 Å². The molecule has 0 aliphatic rings. The van der Waals surface area contributed by atoms with Crippen molar-refractivity contribution >= 4 is 46.7 Å². The molecule has 0 unspecified atom stereocenters. The number of esters is 2. The van der Waals surface area contributed by atoms with Crippen LogP contribution < -0.4 is 0 Å². The zero-order chi connectivity index (χ0) is 19.3. The number of halogens is 3. The van der Waals surface area contributed by atoms with Crippen LogP contribution in [0.4, 0.5) is 0 Å². The lowest BCUT2D eigenvalue weighted by Gasteiger charge is -2.12. The van der Waals surface area contributed by atoms with Crippen LogP contribution >= 0.6 is 34.8 Å². The van der Waals surface area contributed by atoms with Gasteiger partial charge in [0.05, 0.1) is 27.8 Å². The summed E-state index contributed by atoms with van der Waals surface area (Å²) in [4.78, 5) is 24.6. The highest BCUT2D eigenvalue weighted by atomic mass is 35.5. The first-order valence-electron chi connectivity index (χ1n) is 7.86. The molecule has 0 saturated heterocycles. The Kier molecular flexibility index (Phi) is 7.33. The predicted octanol–water partition coefficient (Wildman–Crippen LogP) is 5.82. The first-order valence-corrected chi connectivity index (χ1v) is 8.99. The molecule has 0 fully saturated rings. The van der Waals surface area contributed by atoms with E-state index in [0.717, 1.165) is 0 Å². The van der Waals surface area contributed by atoms with Gasteiger partial charge in [-0.15, -0.1) is 0 Å². The third kappa shape index (κ3) is 5.37. The lowest BCUT2D eigenvalue weighted by Crippen LogP contribution is -2.16. The van der Waals surface area contributed by atoms with Crippen molar-refractivity contribution in [1.82, 2.24) is 0 Å². The van der Waals surface area contributed by atoms with Gasteiger partial charge in [0.2, 0.25) is 0 Å². The molecule has 0 heterocycles. The standard InChI is InChI=1S/C19H17Cl3O4/c1-11(2)9-25-18(23)13-5-3-4-6-14(13)19(24)26-10-15-16(21)7-12(20)8-17(15)22/h3-8,11H,9-10H2,1-2H3. The van der Waals surface area contributed by atoms with Crippen molar-refractivity contribution in [2.75, 3.05) is 6.61 Å². The Labute approximate surface area is 167 Å². The summed E-state index contributed by atoms with van der Waals surface area (Å²) in [5.41, 5.74) is 0.694. The van der Waals surface area contributed by atoms with Crippen LogP contribution in [-0.2, 0) is 16.1 Å². The van der Waals surface area contributed by atoms with Crippen molar-refractivity contribution in [2.45, 2.75) is 20.5 Å². The number of carbonyl (C=O) groups excluding carboxylic acids is 2. The molecule has 2 rings (SSSR count). The molecule has 0 aliphatic carbocycles. The average molecular weight is 416 g/mol. The monoisotopic (exact) mass is 414 g/mol. The molecule has 2 aromatic carbocycles. The van der Waals surface area contributed by atoms with E-state index in [2.05, 4.69) is 0 Å². The minimum Gasteiger partial charge on any atom is -0.462 e. The summed E-state index contributed by atoms with van der Waals surface area (Å²) in [5, 5.41) is 0.966. The Morgan fingerprint density at radius 3 is 1.92 bits per heavy atom. The van der Waals surface area contributed by atoms with Gasteiger partial charge in [-0.1, -0.05) is 60.8 Å².